The number of hydrogen-bond acceptors (Lipinski definition) is 6. The molecular formula is C12H12N2O4S. The Morgan fingerprint density at radius 2 is 2.32 bits per heavy atom. The average molecular weight is 280 g/mol. The van der Waals surface area contributed by atoms with E-state index in [1.165, 1.54) is 37.1 Å². The minimum Gasteiger partial charge on any atom is -0.469 e. The molecule has 0 heterocycles. The van der Waals surface area contributed by atoms with E-state index in [0.717, 1.165) is 0 Å². The Balaban J connectivity index is 2.87. The lowest BCUT2D eigenvalue weighted by Gasteiger charge is -2.10. The highest BCUT2D eigenvalue weighted by Crippen LogP contribution is 2.30. The average Bonchev–Trinajstić information content (AvgIpc) is 2.38. The monoisotopic (exact) mass is 280 g/mol. The van der Waals surface area contributed by atoms with E-state index in [0.29, 0.717) is 4.90 Å². The number of methoxy groups -OCH3 is 1. The molecular weight excluding hydrogens is 268 g/mol. The number of ether oxygens (including phenoxy) is 1. The predicted octanol–water partition coefficient (Wildman–Crippen LogP) is 2.51. The first-order valence-electron chi connectivity index (χ1n) is 5.40. The molecule has 0 aliphatic rings. The number of non-ortho nitro benzene ring substituents is 1. The maximum Gasteiger partial charge on any atom is 0.306 e. The van der Waals surface area contributed by atoms with Crippen LogP contribution in [0.15, 0.2) is 23.1 Å². The largest absolute Gasteiger partial charge is 0.469 e. The first-order chi connectivity index (χ1) is 8.97. The van der Waals surface area contributed by atoms with E-state index in [2.05, 4.69) is 4.74 Å². The third kappa shape index (κ3) is 4.26. The molecule has 1 aromatic rings. The van der Waals surface area contributed by atoms with Crippen molar-refractivity contribution in [3.05, 3.63) is 33.9 Å². The summed E-state index contributed by atoms with van der Waals surface area (Å²) in [5.41, 5.74) is 0.109. The van der Waals surface area contributed by atoms with E-state index in [1.54, 1.807) is 0 Å². The van der Waals surface area contributed by atoms with Gasteiger partial charge in [0, 0.05) is 22.3 Å². The SMILES string of the molecule is COC(=O)CC(C)Sc1ccc([N+](=O)[O-])cc1C#N. The molecule has 7 heteroatoms. The van der Waals surface area contributed by atoms with E-state index in [-0.39, 0.29) is 28.9 Å². The van der Waals surface area contributed by atoms with Gasteiger partial charge in [-0.2, -0.15) is 5.26 Å². The maximum atomic E-state index is 11.1. The first kappa shape index (κ1) is 15.0. The number of nitro groups is 1. The van der Waals surface area contributed by atoms with E-state index < -0.39 is 4.92 Å². The van der Waals surface area contributed by atoms with Gasteiger partial charge in [-0.25, -0.2) is 0 Å². The molecule has 0 spiro atoms. The summed E-state index contributed by atoms with van der Waals surface area (Å²) in [6.45, 7) is 1.82. The molecule has 0 fully saturated rings. The second kappa shape index (κ2) is 6.75. The number of nitriles is 1. The smallest absolute Gasteiger partial charge is 0.306 e. The van der Waals surface area contributed by atoms with Gasteiger partial charge >= 0.3 is 5.97 Å². The summed E-state index contributed by atoms with van der Waals surface area (Å²) in [6, 6.07) is 6.02. The Kier molecular flexibility index (Phi) is 5.33. The molecule has 0 radical (unpaired) electrons. The topological polar surface area (TPSA) is 93.2 Å². The molecule has 0 aromatic heterocycles. The Bertz CT molecular complexity index is 539. The third-order valence-corrected chi connectivity index (χ3v) is 3.48. The van der Waals surface area contributed by atoms with Crippen LogP contribution in [0.2, 0.25) is 0 Å². The molecule has 1 aromatic carbocycles. The standard InChI is InChI=1S/C12H12N2O4S/c1-8(5-12(15)18-2)19-11-4-3-10(14(16)17)6-9(11)7-13/h3-4,6,8H,5H2,1-2H3. The second-order valence-corrected chi connectivity index (χ2v) is 5.24. The Labute approximate surface area is 114 Å². The predicted molar refractivity (Wildman–Crippen MR) is 69.8 cm³/mol. The number of carbonyl (C=O) groups excluding carboxylic acids is 1. The van der Waals surface area contributed by atoms with Crippen LogP contribution in [0.25, 0.3) is 0 Å². The van der Waals surface area contributed by atoms with Crippen molar-refractivity contribution in [2.24, 2.45) is 0 Å². The summed E-state index contributed by atoms with van der Waals surface area (Å²) in [6.07, 6.45) is 0.211. The lowest BCUT2D eigenvalue weighted by atomic mass is 10.2. The first-order valence-corrected chi connectivity index (χ1v) is 6.28. The van der Waals surface area contributed by atoms with Crippen molar-refractivity contribution in [2.75, 3.05) is 7.11 Å². The molecule has 0 aliphatic heterocycles. The van der Waals surface area contributed by atoms with Crippen LogP contribution in [0.5, 0.6) is 0 Å². The molecule has 0 saturated heterocycles. The van der Waals surface area contributed by atoms with Gasteiger partial charge in [-0.15, -0.1) is 11.8 Å². The molecule has 0 bridgehead atoms. The second-order valence-electron chi connectivity index (χ2n) is 3.76. The fourth-order valence-electron chi connectivity index (χ4n) is 1.40. The number of thioether (sulfide) groups is 1. The van der Waals surface area contributed by atoms with Crippen molar-refractivity contribution >= 4 is 23.4 Å². The van der Waals surface area contributed by atoms with Gasteiger partial charge in [0.25, 0.3) is 5.69 Å². The van der Waals surface area contributed by atoms with Crippen LogP contribution in [0, 0.1) is 21.4 Å². The van der Waals surface area contributed by atoms with Crippen molar-refractivity contribution < 1.29 is 14.5 Å². The van der Waals surface area contributed by atoms with Gasteiger partial charge in [-0.3, -0.25) is 14.9 Å². The quantitative estimate of drug-likeness (QED) is 0.356. The van der Waals surface area contributed by atoms with Crippen LogP contribution in [0.3, 0.4) is 0 Å². The van der Waals surface area contributed by atoms with Crippen LogP contribution in [0.1, 0.15) is 18.9 Å². The lowest BCUT2D eigenvalue weighted by molar-refractivity contribution is -0.384. The number of benzene rings is 1. The van der Waals surface area contributed by atoms with Crippen molar-refractivity contribution in [3.63, 3.8) is 0 Å². The Morgan fingerprint density at radius 3 is 2.84 bits per heavy atom. The van der Waals surface area contributed by atoms with Crippen LogP contribution in [-0.2, 0) is 9.53 Å². The molecule has 0 saturated carbocycles. The molecule has 1 unspecified atom stereocenters. The van der Waals surface area contributed by atoms with E-state index in [1.807, 2.05) is 13.0 Å². The number of nitro benzene ring substituents is 1. The lowest BCUT2D eigenvalue weighted by Crippen LogP contribution is -2.08. The molecule has 100 valence electrons. The number of esters is 1. The zero-order valence-electron chi connectivity index (χ0n) is 10.5. The number of hydrogen-bond donors (Lipinski definition) is 0. The number of nitrogens with zero attached hydrogens (tertiary/aromatic N) is 2. The van der Waals surface area contributed by atoms with Gasteiger partial charge in [-0.05, 0) is 6.07 Å². The Morgan fingerprint density at radius 1 is 1.63 bits per heavy atom. The normalized spacial score (nSPS) is 11.4. The van der Waals surface area contributed by atoms with Crippen LogP contribution < -0.4 is 0 Å². The molecule has 0 aliphatic carbocycles. The summed E-state index contributed by atoms with van der Waals surface area (Å²) in [5.74, 6) is -0.333. The fraction of sp³-hybridized carbons (Fsp3) is 0.333. The molecule has 1 atom stereocenters. The minimum absolute atomic E-state index is 0.0824. The van der Waals surface area contributed by atoms with Crippen molar-refractivity contribution in [2.45, 2.75) is 23.5 Å². The van der Waals surface area contributed by atoms with Gasteiger partial charge in [0.1, 0.15) is 6.07 Å². The van der Waals surface area contributed by atoms with Gasteiger partial charge in [0.2, 0.25) is 0 Å². The number of carbonyl (C=O) groups is 1. The Hall–Kier alpha value is -2.07. The maximum absolute atomic E-state index is 11.1. The van der Waals surface area contributed by atoms with Crippen LogP contribution in [0.4, 0.5) is 5.69 Å². The van der Waals surface area contributed by atoms with Crippen LogP contribution >= 0.6 is 11.8 Å². The summed E-state index contributed by atoms with van der Waals surface area (Å²) in [7, 11) is 1.31. The molecule has 19 heavy (non-hydrogen) atoms. The summed E-state index contributed by atoms with van der Waals surface area (Å²) < 4.78 is 4.56. The summed E-state index contributed by atoms with van der Waals surface area (Å²) >= 11 is 1.31. The zero-order valence-corrected chi connectivity index (χ0v) is 11.3. The van der Waals surface area contributed by atoms with Gasteiger partial charge in [0.05, 0.1) is 24.0 Å². The van der Waals surface area contributed by atoms with Gasteiger partial charge < -0.3 is 4.74 Å². The van der Waals surface area contributed by atoms with E-state index in [4.69, 9.17) is 5.26 Å². The van der Waals surface area contributed by atoms with Crippen LogP contribution in [-0.4, -0.2) is 23.3 Å². The van der Waals surface area contributed by atoms with Gasteiger partial charge in [-0.1, -0.05) is 6.92 Å². The fourth-order valence-corrected chi connectivity index (χ4v) is 2.43. The number of rotatable bonds is 5. The van der Waals surface area contributed by atoms with Crippen molar-refractivity contribution in [1.29, 1.82) is 5.26 Å². The molecule has 0 N–H and O–H groups in total. The van der Waals surface area contributed by atoms with E-state index >= 15 is 0 Å². The van der Waals surface area contributed by atoms with E-state index in [9.17, 15) is 14.9 Å². The van der Waals surface area contributed by atoms with Crippen molar-refractivity contribution in [1.82, 2.24) is 0 Å². The molecule has 6 nitrogen and oxygen atoms in total. The minimum atomic E-state index is -0.548. The highest BCUT2D eigenvalue weighted by molar-refractivity contribution is 8.00. The van der Waals surface area contributed by atoms with Crippen molar-refractivity contribution in [3.8, 4) is 6.07 Å². The molecule has 0 amide bonds. The third-order valence-electron chi connectivity index (χ3n) is 2.30. The zero-order chi connectivity index (χ0) is 14.4. The van der Waals surface area contributed by atoms with Gasteiger partial charge in [0.15, 0.2) is 0 Å². The summed E-state index contributed by atoms with van der Waals surface area (Å²) in [5, 5.41) is 19.5. The highest BCUT2D eigenvalue weighted by Gasteiger charge is 2.15. The summed E-state index contributed by atoms with van der Waals surface area (Å²) in [4.78, 5) is 21.8. The molecule has 1 rings (SSSR count). The highest BCUT2D eigenvalue weighted by atomic mass is 32.2.